The number of rotatable bonds is 6. The molecule has 0 aliphatic rings. The van der Waals surface area contributed by atoms with Crippen LogP contribution >= 0.6 is 0 Å². The van der Waals surface area contributed by atoms with Crippen molar-refractivity contribution in [2.45, 2.75) is 0 Å². The van der Waals surface area contributed by atoms with E-state index in [0.29, 0.717) is 26.4 Å². The maximum absolute atomic E-state index is 9.74. The van der Waals surface area contributed by atoms with Gasteiger partial charge in [-0.2, -0.15) is 0 Å². The minimum absolute atomic E-state index is 0.653. The van der Waals surface area contributed by atoms with Crippen LogP contribution in [0.2, 0.25) is 0 Å². The fourth-order valence-electron chi connectivity index (χ4n) is 0.470. The Morgan fingerprint density at radius 1 is 0.800 bits per heavy atom. The lowest BCUT2D eigenvalue weighted by atomic mass is 10.7. The summed E-state index contributed by atoms with van der Waals surface area (Å²) in [5.74, 6) is 0. The van der Waals surface area contributed by atoms with Gasteiger partial charge in [0.2, 0.25) is 0 Å². The van der Waals surface area contributed by atoms with Crippen molar-refractivity contribution in [3.05, 3.63) is 0 Å². The average molecular weight is 224 g/mol. The molecule has 0 N–H and O–H groups in total. The van der Waals surface area contributed by atoms with Gasteiger partial charge in [0.25, 0.3) is 0 Å². The molecule has 6 heteroatoms. The Hall–Kier alpha value is -0.850. The highest BCUT2D eigenvalue weighted by Crippen LogP contribution is 1.75. The van der Waals surface area contributed by atoms with Crippen molar-refractivity contribution in [1.82, 2.24) is 0 Å². The molecule has 0 atom stereocenters. The Balaban J connectivity index is 0. The zero-order valence-electron chi connectivity index (χ0n) is 9.78. The second-order valence-electron chi connectivity index (χ2n) is 2.26. The summed E-state index contributed by atoms with van der Waals surface area (Å²) < 4.78 is 22.7. The van der Waals surface area contributed by atoms with Gasteiger partial charge in [-0.25, -0.2) is 4.79 Å². The first-order valence-corrected chi connectivity index (χ1v) is 4.40. The topological polar surface area (TPSA) is 63.2 Å². The van der Waals surface area contributed by atoms with Crippen LogP contribution in [0, 0.1) is 0 Å². The lowest BCUT2D eigenvalue weighted by molar-refractivity contribution is 0.0385. The third-order valence-corrected chi connectivity index (χ3v) is 1.20. The Bertz CT molecular complexity index is 116. The van der Waals surface area contributed by atoms with E-state index in [1.807, 2.05) is 0 Å². The average Bonchev–Trinajstić information content (AvgIpc) is 2.29. The van der Waals surface area contributed by atoms with E-state index in [1.165, 1.54) is 14.2 Å². The molecule has 0 spiro atoms. The summed E-state index contributed by atoms with van der Waals surface area (Å²) >= 11 is 0. The van der Waals surface area contributed by atoms with Crippen LogP contribution in [0.5, 0.6) is 0 Å². The van der Waals surface area contributed by atoms with E-state index < -0.39 is 6.16 Å². The minimum atomic E-state index is -0.657. The number of carbonyl (C=O) groups is 1. The Labute approximate surface area is 90.4 Å². The lowest BCUT2D eigenvalue weighted by Gasteiger charge is -2.00. The summed E-state index contributed by atoms with van der Waals surface area (Å²) in [6.45, 7) is 2.62. The van der Waals surface area contributed by atoms with Crippen LogP contribution in [0.1, 0.15) is 0 Å². The summed E-state index contributed by atoms with van der Waals surface area (Å²) in [5.41, 5.74) is 0. The first-order chi connectivity index (χ1) is 7.22. The largest absolute Gasteiger partial charge is 0.507 e. The molecule has 92 valence electrons. The normalized spacial score (nSPS) is 8.80. The number of hydrogen-bond acceptors (Lipinski definition) is 6. The lowest BCUT2D eigenvalue weighted by Crippen LogP contribution is -2.06. The van der Waals surface area contributed by atoms with Gasteiger partial charge in [-0.1, -0.05) is 0 Å². The van der Waals surface area contributed by atoms with Crippen LogP contribution in [0.25, 0.3) is 0 Å². The maximum atomic E-state index is 9.74. The molecule has 0 aromatic heterocycles. The highest BCUT2D eigenvalue weighted by atomic mass is 16.7. The van der Waals surface area contributed by atoms with Gasteiger partial charge in [-0.3, -0.25) is 0 Å². The number of hydrogen-bond donors (Lipinski definition) is 0. The predicted molar refractivity (Wildman–Crippen MR) is 54.0 cm³/mol. The Kier molecular flexibility index (Phi) is 17.3. The van der Waals surface area contributed by atoms with Crippen LogP contribution in [-0.2, 0) is 23.7 Å². The number of ether oxygens (including phenoxy) is 5. The SMILES string of the molecule is COC(=O)OC.COCCOCCOC. The second-order valence-corrected chi connectivity index (χ2v) is 2.26. The molecule has 6 nitrogen and oxygen atoms in total. The van der Waals surface area contributed by atoms with Gasteiger partial charge in [0.05, 0.1) is 40.6 Å². The second kappa shape index (κ2) is 15.6. The number of methoxy groups -OCH3 is 4. The van der Waals surface area contributed by atoms with Gasteiger partial charge in [-0.15, -0.1) is 0 Å². The molecule has 0 saturated carbocycles. The van der Waals surface area contributed by atoms with Gasteiger partial charge in [0, 0.05) is 14.2 Å². The maximum Gasteiger partial charge on any atom is 0.507 e. The Morgan fingerprint density at radius 2 is 1.20 bits per heavy atom. The third kappa shape index (κ3) is 19.5. The standard InChI is InChI=1S/C6H14O3.C3H6O3/c1-7-3-5-9-6-4-8-2;1-5-3(4)6-2/h3-6H2,1-2H3;1-2H3. The molecule has 0 aliphatic heterocycles. The molecule has 0 rings (SSSR count). The fourth-order valence-corrected chi connectivity index (χ4v) is 0.470. The van der Waals surface area contributed by atoms with Crippen molar-refractivity contribution >= 4 is 6.16 Å². The van der Waals surface area contributed by atoms with Crippen LogP contribution in [0.4, 0.5) is 4.79 Å². The number of carbonyl (C=O) groups excluding carboxylic acids is 1. The van der Waals surface area contributed by atoms with E-state index in [9.17, 15) is 4.79 Å². The van der Waals surface area contributed by atoms with Crippen LogP contribution in [-0.4, -0.2) is 61.0 Å². The molecule has 0 aromatic rings. The zero-order valence-corrected chi connectivity index (χ0v) is 9.78. The van der Waals surface area contributed by atoms with E-state index in [0.717, 1.165) is 0 Å². The monoisotopic (exact) mass is 224 g/mol. The third-order valence-electron chi connectivity index (χ3n) is 1.20. The first-order valence-electron chi connectivity index (χ1n) is 4.40. The van der Waals surface area contributed by atoms with Crippen molar-refractivity contribution in [3.63, 3.8) is 0 Å². The molecule has 0 unspecified atom stereocenters. The van der Waals surface area contributed by atoms with Gasteiger partial charge in [0.15, 0.2) is 0 Å². The van der Waals surface area contributed by atoms with Gasteiger partial charge in [-0.05, 0) is 0 Å². The molecular formula is C9H20O6. The van der Waals surface area contributed by atoms with Crippen LogP contribution < -0.4 is 0 Å². The molecular weight excluding hydrogens is 204 g/mol. The van der Waals surface area contributed by atoms with Gasteiger partial charge >= 0.3 is 6.16 Å². The predicted octanol–water partition coefficient (Wildman–Crippen LogP) is 0.695. The summed E-state index contributed by atoms with van der Waals surface area (Å²) in [6.07, 6.45) is -0.657. The molecule has 0 amide bonds. The van der Waals surface area contributed by atoms with Crippen LogP contribution in [0.15, 0.2) is 0 Å². The summed E-state index contributed by atoms with van der Waals surface area (Å²) in [5, 5.41) is 0. The van der Waals surface area contributed by atoms with Crippen molar-refractivity contribution in [3.8, 4) is 0 Å². The van der Waals surface area contributed by atoms with Crippen molar-refractivity contribution in [2.24, 2.45) is 0 Å². The zero-order chi connectivity index (χ0) is 11.9. The fraction of sp³-hybridized carbons (Fsp3) is 0.889. The van der Waals surface area contributed by atoms with Gasteiger partial charge in [0.1, 0.15) is 0 Å². The highest BCUT2D eigenvalue weighted by Gasteiger charge is 1.88. The minimum Gasteiger partial charge on any atom is -0.438 e. The summed E-state index contributed by atoms with van der Waals surface area (Å²) in [6, 6.07) is 0. The Morgan fingerprint density at radius 3 is 1.40 bits per heavy atom. The van der Waals surface area contributed by atoms with Crippen molar-refractivity contribution in [2.75, 3.05) is 54.9 Å². The van der Waals surface area contributed by atoms with E-state index in [2.05, 4.69) is 9.47 Å². The van der Waals surface area contributed by atoms with Crippen molar-refractivity contribution < 1.29 is 28.5 Å². The molecule has 0 aromatic carbocycles. The summed E-state index contributed by atoms with van der Waals surface area (Å²) in [7, 11) is 5.82. The molecule has 15 heavy (non-hydrogen) atoms. The first kappa shape index (κ1) is 16.6. The molecule has 0 heterocycles. The van der Waals surface area contributed by atoms with E-state index in [1.54, 1.807) is 14.2 Å². The molecule has 0 bridgehead atoms. The molecule has 0 aliphatic carbocycles. The summed E-state index contributed by atoms with van der Waals surface area (Å²) in [4.78, 5) is 9.74. The molecule has 0 fully saturated rings. The van der Waals surface area contributed by atoms with E-state index in [4.69, 9.17) is 14.2 Å². The molecule has 0 saturated heterocycles. The smallest absolute Gasteiger partial charge is 0.438 e. The van der Waals surface area contributed by atoms with Crippen LogP contribution in [0.3, 0.4) is 0 Å². The van der Waals surface area contributed by atoms with Crippen molar-refractivity contribution in [1.29, 1.82) is 0 Å². The highest BCUT2D eigenvalue weighted by molar-refractivity contribution is 5.59. The van der Waals surface area contributed by atoms with E-state index >= 15 is 0 Å². The molecule has 0 radical (unpaired) electrons. The quantitative estimate of drug-likeness (QED) is 0.488. The van der Waals surface area contributed by atoms with Gasteiger partial charge < -0.3 is 23.7 Å². The van der Waals surface area contributed by atoms with E-state index in [-0.39, 0.29) is 0 Å².